The summed E-state index contributed by atoms with van der Waals surface area (Å²) >= 11 is 1.70. The molecule has 0 aliphatic rings. The van der Waals surface area contributed by atoms with Gasteiger partial charge in [0.1, 0.15) is 12.4 Å². The van der Waals surface area contributed by atoms with Crippen molar-refractivity contribution in [1.29, 1.82) is 0 Å². The van der Waals surface area contributed by atoms with Crippen LogP contribution >= 0.6 is 11.3 Å². The van der Waals surface area contributed by atoms with Gasteiger partial charge in [-0.25, -0.2) is 0 Å². The molecule has 0 fully saturated rings. The highest BCUT2D eigenvalue weighted by Gasteiger charge is 2.22. The van der Waals surface area contributed by atoms with E-state index in [1.54, 1.807) is 18.4 Å². The van der Waals surface area contributed by atoms with E-state index in [1.807, 2.05) is 57.0 Å². The number of hydrogen-bond acceptors (Lipinski definition) is 5. The van der Waals surface area contributed by atoms with Crippen molar-refractivity contribution in [3.05, 3.63) is 46.2 Å². The van der Waals surface area contributed by atoms with Crippen molar-refractivity contribution >= 4 is 35.1 Å². The first kappa shape index (κ1) is 20.0. The SMILES string of the molecule is COc1cc(N(C)CCOC(=O)C(C)(C)C)ccc1/C=C/c1cccs1. The van der Waals surface area contributed by atoms with Gasteiger partial charge < -0.3 is 14.4 Å². The molecule has 0 atom stereocenters. The second-order valence-electron chi connectivity index (χ2n) is 7.08. The zero-order chi connectivity index (χ0) is 19.2. The first-order chi connectivity index (χ1) is 12.3. The molecule has 5 heteroatoms. The molecule has 1 aromatic carbocycles. The van der Waals surface area contributed by atoms with Gasteiger partial charge >= 0.3 is 5.97 Å². The Hall–Kier alpha value is -2.27. The first-order valence-electron chi connectivity index (χ1n) is 8.59. The summed E-state index contributed by atoms with van der Waals surface area (Å²) < 4.78 is 10.9. The average Bonchev–Trinajstić information content (AvgIpc) is 3.12. The summed E-state index contributed by atoms with van der Waals surface area (Å²) in [6, 6.07) is 10.2. The maximum Gasteiger partial charge on any atom is 0.311 e. The summed E-state index contributed by atoms with van der Waals surface area (Å²) in [5.41, 5.74) is 1.57. The second-order valence-corrected chi connectivity index (χ2v) is 8.06. The van der Waals surface area contributed by atoms with Crippen molar-refractivity contribution in [2.24, 2.45) is 5.41 Å². The molecule has 0 amide bonds. The summed E-state index contributed by atoms with van der Waals surface area (Å²) in [5.74, 6) is 0.631. The van der Waals surface area contributed by atoms with Gasteiger partial charge in [-0.3, -0.25) is 4.79 Å². The number of nitrogens with zero attached hydrogens (tertiary/aromatic N) is 1. The van der Waals surface area contributed by atoms with Crippen LogP contribution in [0, 0.1) is 5.41 Å². The number of esters is 1. The molecule has 0 radical (unpaired) electrons. The molecule has 2 rings (SSSR count). The third kappa shape index (κ3) is 5.63. The highest BCUT2D eigenvalue weighted by atomic mass is 32.1. The van der Waals surface area contributed by atoms with E-state index in [4.69, 9.17) is 9.47 Å². The monoisotopic (exact) mass is 373 g/mol. The first-order valence-corrected chi connectivity index (χ1v) is 9.47. The molecule has 0 saturated carbocycles. The van der Waals surface area contributed by atoms with Crippen LogP contribution in [-0.4, -0.2) is 33.3 Å². The summed E-state index contributed by atoms with van der Waals surface area (Å²) in [6.07, 6.45) is 4.14. The second kappa shape index (κ2) is 8.90. The van der Waals surface area contributed by atoms with Gasteiger partial charge in [0, 0.05) is 29.2 Å². The lowest BCUT2D eigenvalue weighted by Crippen LogP contribution is -2.28. The van der Waals surface area contributed by atoms with Crippen LogP contribution in [0.1, 0.15) is 31.2 Å². The molecule has 26 heavy (non-hydrogen) atoms. The lowest BCUT2D eigenvalue weighted by Gasteiger charge is -2.22. The van der Waals surface area contributed by atoms with Crippen LogP contribution in [0.2, 0.25) is 0 Å². The molecule has 0 bridgehead atoms. The number of ether oxygens (including phenoxy) is 2. The van der Waals surface area contributed by atoms with E-state index in [-0.39, 0.29) is 5.97 Å². The number of likely N-dealkylation sites (N-methyl/N-ethyl adjacent to an activating group) is 1. The molecule has 0 unspecified atom stereocenters. The number of hydrogen-bond donors (Lipinski definition) is 0. The number of thiophene rings is 1. The Labute approximate surface area is 160 Å². The van der Waals surface area contributed by atoms with E-state index >= 15 is 0 Å². The highest BCUT2D eigenvalue weighted by Crippen LogP contribution is 2.27. The predicted molar refractivity (Wildman–Crippen MR) is 110 cm³/mol. The summed E-state index contributed by atoms with van der Waals surface area (Å²) in [4.78, 5) is 15.1. The maximum atomic E-state index is 11.8. The van der Waals surface area contributed by atoms with Gasteiger partial charge in [0.05, 0.1) is 19.1 Å². The van der Waals surface area contributed by atoms with Crippen LogP contribution in [0.25, 0.3) is 12.2 Å². The Kier molecular flexibility index (Phi) is 6.86. The van der Waals surface area contributed by atoms with Crippen molar-refractivity contribution in [2.45, 2.75) is 20.8 Å². The molecule has 0 aliphatic heterocycles. The fraction of sp³-hybridized carbons (Fsp3) is 0.381. The number of rotatable bonds is 7. The highest BCUT2D eigenvalue weighted by molar-refractivity contribution is 7.10. The van der Waals surface area contributed by atoms with Crippen molar-refractivity contribution in [3.63, 3.8) is 0 Å². The van der Waals surface area contributed by atoms with Gasteiger partial charge in [-0.1, -0.05) is 6.07 Å². The fourth-order valence-electron chi connectivity index (χ4n) is 2.25. The average molecular weight is 374 g/mol. The van der Waals surface area contributed by atoms with Crippen LogP contribution in [0.5, 0.6) is 5.75 Å². The Balaban J connectivity index is 2.00. The summed E-state index contributed by atoms with van der Waals surface area (Å²) in [6.45, 7) is 6.54. The molecule has 0 N–H and O–H groups in total. The van der Waals surface area contributed by atoms with E-state index in [1.165, 1.54) is 4.88 Å². The summed E-state index contributed by atoms with van der Waals surface area (Å²) in [5, 5.41) is 2.06. The lowest BCUT2D eigenvalue weighted by atomic mass is 9.97. The minimum Gasteiger partial charge on any atom is -0.496 e. The van der Waals surface area contributed by atoms with E-state index in [0.717, 1.165) is 17.0 Å². The number of methoxy groups -OCH3 is 1. The van der Waals surface area contributed by atoms with Crippen molar-refractivity contribution in [2.75, 3.05) is 32.2 Å². The van der Waals surface area contributed by atoms with Gasteiger partial charge in [0.15, 0.2) is 0 Å². The molecule has 1 heterocycles. The third-order valence-electron chi connectivity index (χ3n) is 3.90. The lowest BCUT2D eigenvalue weighted by molar-refractivity contribution is -0.152. The topological polar surface area (TPSA) is 38.8 Å². The van der Waals surface area contributed by atoms with Gasteiger partial charge in [0.25, 0.3) is 0 Å². The van der Waals surface area contributed by atoms with Crippen LogP contribution in [-0.2, 0) is 9.53 Å². The minimum atomic E-state index is -0.474. The predicted octanol–water partition coefficient (Wildman–Crippen LogP) is 4.95. The van der Waals surface area contributed by atoms with E-state index in [2.05, 4.69) is 23.6 Å². The van der Waals surface area contributed by atoms with E-state index in [0.29, 0.717) is 13.2 Å². The third-order valence-corrected chi connectivity index (χ3v) is 4.74. The maximum absolute atomic E-state index is 11.8. The quantitative estimate of drug-likeness (QED) is 0.644. The van der Waals surface area contributed by atoms with Crippen LogP contribution in [0.15, 0.2) is 35.7 Å². The molecule has 0 saturated heterocycles. The molecule has 0 spiro atoms. The van der Waals surface area contributed by atoms with Gasteiger partial charge in [-0.05, 0) is 56.5 Å². The van der Waals surface area contributed by atoms with E-state index < -0.39 is 5.41 Å². The number of benzene rings is 1. The smallest absolute Gasteiger partial charge is 0.311 e. The summed E-state index contributed by atoms with van der Waals surface area (Å²) in [7, 11) is 3.65. The molecular weight excluding hydrogens is 346 g/mol. The van der Waals surface area contributed by atoms with Crippen LogP contribution in [0.3, 0.4) is 0 Å². The van der Waals surface area contributed by atoms with Crippen molar-refractivity contribution < 1.29 is 14.3 Å². The minimum absolute atomic E-state index is 0.183. The van der Waals surface area contributed by atoms with Crippen molar-refractivity contribution in [1.82, 2.24) is 0 Å². The van der Waals surface area contributed by atoms with Gasteiger partial charge in [0.2, 0.25) is 0 Å². The number of anilines is 1. The van der Waals surface area contributed by atoms with Crippen LogP contribution < -0.4 is 9.64 Å². The number of carbonyl (C=O) groups excluding carboxylic acids is 1. The Morgan fingerprint density at radius 3 is 2.62 bits per heavy atom. The van der Waals surface area contributed by atoms with Crippen molar-refractivity contribution in [3.8, 4) is 5.75 Å². The zero-order valence-corrected chi connectivity index (χ0v) is 16.9. The van der Waals surface area contributed by atoms with E-state index in [9.17, 15) is 4.79 Å². The van der Waals surface area contributed by atoms with Crippen LogP contribution in [0.4, 0.5) is 5.69 Å². The largest absolute Gasteiger partial charge is 0.496 e. The molecule has 1 aromatic heterocycles. The Morgan fingerprint density at radius 1 is 1.23 bits per heavy atom. The molecule has 140 valence electrons. The molecular formula is C21H27NO3S. The number of carbonyl (C=O) groups is 1. The zero-order valence-electron chi connectivity index (χ0n) is 16.1. The molecule has 4 nitrogen and oxygen atoms in total. The Morgan fingerprint density at radius 2 is 2.00 bits per heavy atom. The Bertz CT molecular complexity index is 745. The molecule has 0 aliphatic carbocycles. The normalized spacial score (nSPS) is 11.6. The fourth-order valence-corrected chi connectivity index (χ4v) is 2.87. The standard InChI is InChI=1S/C21H27NO3S/c1-21(2,3)20(23)25-13-12-22(4)17-10-8-16(19(15-17)24-5)9-11-18-7-6-14-26-18/h6-11,14-15H,12-13H2,1-5H3/b11-9+. The molecule has 2 aromatic rings. The van der Waals surface area contributed by atoms with Gasteiger partial charge in [-0.2, -0.15) is 0 Å². The van der Waals surface area contributed by atoms with Gasteiger partial charge in [-0.15, -0.1) is 11.3 Å².